The molecule has 1 heterocycles. The van der Waals surface area contributed by atoms with E-state index in [1.165, 1.54) is 12.8 Å². The number of hydrogen-bond acceptors (Lipinski definition) is 2. The number of fused-ring (bicyclic) bond motifs is 1. The van der Waals surface area contributed by atoms with Crippen molar-refractivity contribution in [2.75, 3.05) is 13.2 Å². The highest BCUT2D eigenvalue weighted by Gasteiger charge is 2.38. The molecular formula is C11H20O2. The first-order valence-corrected chi connectivity index (χ1v) is 5.54. The molecule has 2 aliphatic rings. The van der Waals surface area contributed by atoms with Crippen molar-refractivity contribution in [1.82, 2.24) is 0 Å². The van der Waals surface area contributed by atoms with Crippen LogP contribution in [0.1, 0.15) is 33.1 Å². The van der Waals surface area contributed by atoms with Gasteiger partial charge in [-0.1, -0.05) is 13.3 Å². The van der Waals surface area contributed by atoms with Gasteiger partial charge in [-0.25, -0.2) is 0 Å². The van der Waals surface area contributed by atoms with Gasteiger partial charge in [-0.15, -0.1) is 0 Å². The molecule has 1 saturated heterocycles. The summed E-state index contributed by atoms with van der Waals surface area (Å²) in [5.74, 6) is 2.56. The molecular weight excluding hydrogens is 164 g/mol. The molecule has 1 aliphatic carbocycles. The summed E-state index contributed by atoms with van der Waals surface area (Å²) in [7, 11) is 0. The molecule has 0 bridgehead atoms. The van der Waals surface area contributed by atoms with Gasteiger partial charge in [0.1, 0.15) is 0 Å². The number of rotatable bonds is 2. The van der Waals surface area contributed by atoms with Crippen molar-refractivity contribution in [3.05, 3.63) is 0 Å². The van der Waals surface area contributed by atoms with Crippen LogP contribution in [0.15, 0.2) is 0 Å². The Morgan fingerprint density at radius 3 is 3.00 bits per heavy atom. The van der Waals surface area contributed by atoms with Crippen molar-refractivity contribution < 1.29 is 9.47 Å². The predicted molar refractivity (Wildman–Crippen MR) is 51.4 cm³/mol. The zero-order chi connectivity index (χ0) is 9.26. The average molecular weight is 184 g/mol. The Morgan fingerprint density at radius 2 is 2.23 bits per heavy atom. The van der Waals surface area contributed by atoms with Crippen molar-refractivity contribution in [2.24, 2.45) is 17.8 Å². The van der Waals surface area contributed by atoms with E-state index in [4.69, 9.17) is 9.47 Å². The zero-order valence-electron chi connectivity index (χ0n) is 8.66. The van der Waals surface area contributed by atoms with Gasteiger partial charge < -0.3 is 9.47 Å². The van der Waals surface area contributed by atoms with E-state index in [2.05, 4.69) is 6.92 Å². The Balaban J connectivity index is 1.88. The van der Waals surface area contributed by atoms with Gasteiger partial charge in [-0.3, -0.25) is 0 Å². The van der Waals surface area contributed by atoms with Crippen LogP contribution in [0.5, 0.6) is 0 Å². The minimum atomic E-state index is 0.0940. The summed E-state index contributed by atoms with van der Waals surface area (Å²) in [4.78, 5) is 0. The number of hydrogen-bond donors (Lipinski definition) is 0. The quantitative estimate of drug-likeness (QED) is 0.656. The first kappa shape index (κ1) is 9.47. The van der Waals surface area contributed by atoms with Crippen LogP contribution >= 0.6 is 0 Å². The van der Waals surface area contributed by atoms with Crippen LogP contribution in [0, 0.1) is 17.8 Å². The summed E-state index contributed by atoms with van der Waals surface area (Å²) < 4.78 is 11.2. The Morgan fingerprint density at radius 1 is 1.38 bits per heavy atom. The fourth-order valence-corrected chi connectivity index (χ4v) is 2.80. The van der Waals surface area contributed by atoms with Crippen molar-refractivity contribution in [3.8, 4) is 0 Å². The summed E-state index contributed by atoms with van der Waals surface area (Å²) in [6, 6.07) is 0. The third-order valence-electron chi connectivity index (χ3n) is 3.65. The van der Waals surface area contributed by atoms with Gasteiger partial charge in [0.2, 0.25) is 0 Å². The van der Waals surface area contributed by atoms with Gasteiger partial charge in [0.25, 0.3) is 0 Å². The van der Waals surface area contributed by atoms with Gasteiger partial charge in [0.15, 0.2) is 6.29 Å². The lowest BCUT2D eigenvalue weighted by molar-refractivity contribution is -0.187. The maximum atomic E-state index is 5.68. The molecule has 13 heavy (non-hydrogen) atoms. The Bertz CT molecular complexity index is 169. The molecule has 1 aliphatic heterocycles. The first-order chi connectivity index (χ1) is 6.31. The van der Waals surface area contributed by atoms with Gasteiger partial charge in [0.05, 0.1) is 6.61 Å². The van der Waals surface area contributed by atoms with Crippen molar-refractivity contribution in [2.45, 2.75) is 39.4 Å². The standard InChI is InChI=1S/C11H20O2/c1-3-12-11-6-9-5-4-8(2)10(9)7-13-11/h8-11H,3-7H2,1-2H3/t8-,9+,10+,11+/m0/s1. The Hall–Kier alpha value is -0.0800. The summed E-state index contributed by atoms with van der Waals surface area (Å²) in [5.41, 5.74) is 0. The summed E-state index contributed by atoms with van der Waals surface area (Å²) in [5, 5.41) is 0. The molecule has 4 atom stereocenters. The third kappa shape index (κ3) is 1.89. The van der Waals surface area contributed by atoms with Gasteiger partial charge in [0, 0.05) is 13.0 Å². The van der Waals surface area contributed by atoms with Gasteiger partial charge in [-0.2, -0.15) is 0 Å². The fourth-order valence-electron chi connectivity index (χ4n) is 2.80. The van der Waals surface area contributed by atoms with E-state index in [1.807, 2.05) is 6.92 Å². The van der Waals surface area contributed by atoms with E-state index < -0.39 is 0 Å². The Kier molecular flexibility index (Phi) is 2.89. The lowest BCUT2D eigenvalue weighted by atomic mass is 9.87. The second-order valence-corrected chi connectivity index (χ2v) is 4.43. The minimum Gasteiger partial charge on any atom is -0.353 e. The van der Waals surface area contributed by atoms with E-state index in [9.17, 15) is 0 Å². The molecule has 0 amide bonds. The number of ether oxygens (including phenoxy) is 2. The van der Waals surface area contributed by atoms with Crippen LogP contribution in [-0.4, -0.2) is 19.5 Å². The fraction of sp³-hybridized carbons (Fsp3) is 1.00. The lowest BCUT2D eigenvalue weighted by Gasteiger charge is -2.33. The highest BCUT2D eigenvalue weighted by Crippen LogP contribution is 2.42. The van der Waals surface area contributed by atoms with Crippen LogP contribution in [0.3, 0.4) is 0 Å². The highest BCUT2D eigenvalue weighted by atomic mass is 16.7. The molecule has 0 radical (unpaired) electrons. The molecule has 0 aromatic rings. The molecule has 1 saturated carbocycles. The van der Waals surface area contributed by atoms with Crippen molar-refractivity contribution >= 4 is 0 Å². The summed E-state index contributed by atoms with van der Waals surface area (Å²) in [6.45, 7) is 6.09. The third-order valence-corrected chi connectivity index (χ3v) is 3.65. The van der Waals surface area contributed by atoms with Crippen LogP contribution in [0.4, 0.5) is 0 Å². The largest absolute Gasteiger partial charge is 0.353 e. The summed E-state index contributed by atoms with van der Waals surface area (Å²) >= 11 is 0. The first-order valence-electron chi connectivity index (χ1n) is 5.54. The molecule has 2 fully saturated rings. The van der Waals surface area contributed by atoms with Gasteiger partial charge in [-0.05, 0) is 31.1 Å². The Labute approximate surface area is 80.6 Å². The molecule has 76 valence electrons. The molecule has 0 aromatic heterocycles. The van der Waals surface area contributed by atoms with E-state index in [0.29, 0.717) is 0 Å². The van der Waals surface area contributed by atoms with E-state index in [-0.39, 0.29) is 6.29 Å². The SMILES string of the molecule is CCO[C@H]1C[C@H]2CC[C@H](C)[C@H]2CO1. The second kappa shape index (κ2) is 3.97. The van der Waals surface area contributed by atoms with Crippen LogP contribution in [0.25, 0.3) is 0 Å². The van der Waals surface area contributed by atoms with E-state index >= 15 is 0 Å². The van der Waals surface area contributed by atoms with Gasteiger partial charge >= 0.3 is 0 Å². The van der Waals surface area contributed by atoms with E-state index in [0.717, 1.165) is 37.4 Å². The molecule has 0 N–H and O–H groups in total. The maximum absolute atomic E-state index is 5.68. The minimum absolute atomic E-state index is 0.0940. The lowest BCUT2D eigenvalue weighted by Crippen LogP contribution is -2.34. The topological polar surface area (TPSA) is 18.5 Å². The monoisotopic (exact) mass is 184 g/mol. The zero-order valence-corrected chi connectivity index (χ0v) is 8.66. The molecule has 0 unspecified atom stereocenters. The van der Waals surface area contributed by atoms with Crippen molar-refractivity contribution in [1.29, 1.82) is 0 Å². The smallest absolute Gasteiger partial charge is 0.157 e. The maximum Gasteiger partial charge on any atom is 0.157 e. The van der Waals surface area contributed by atoms with Crippen LogP contribution < -0.4 is 0 Å². The van der Waals surface area contributed by atoms with E-state index in [1.54, 1.807) is 0 Å². The molecule has 2 rings (SSSR count). The average Bonchev–Trinajstić information content (AvgIpc) is 2.48. The molecule has 2 nitrogen and oxygen atoms in total. The van der Waals surface area contributed by atoms with Crippen LogP contribution in [-0.2, 0) is 9.47 Å². The molecule has 2 heteroatoms. The molecule has 0 aromatic carbocycles. The van der Waals surface area contributed by atoms with Crippen molar-refractivity contribution in [3.63, 3.8) is 0 Å². The summed E-state index contributed by atoms with van der Waals surface area (Å²) in [6.07, 6.45) is 4.00. The predicted octanol–water partition coefficient (Wildman–Crippen LogP) is 2.43. The normalized spacial score (nSPS) is 44.8. The second-order valence-electron chi connectivity index (χ2n) is 4.43. The van der Waals surface area contributed by atoms with Crippen LogP contribution in [0.2, 0.25) is 0 Å². The molecule has 0 spiro atoms. The highest BCUT2D eigenvalue weighted by molar-refractivity contribution is 4.85.